The van der Waals surface area contributed by atoms with Gasteiger partial charge < -0.3 is 5.73 Å². The average Bonchev–Trinajstić information content (AvgIpc) is 3.00. The lowest BCUT2D eigenvalue weighted by atomic mass is 9.87. The Morgan fingerprint density at radius 2 is 1.88 bits per heavy atom. The van der Waals surface area contributed by atoms with E-state index in [1.165, 1.54) is 18.1 Å². The zero-order valence-electron chi connectivity index (χ0n) is 13.6. The van der Waals surface area contributed by atoms with Gasteiger partial charge in [-0.25, -0.2) is 9.67 Å². The summed E-state index contributed by atoms with van der Waals surface area (Å²) >= 11 is 7.53. The summed E-state index contributed by atoms with van der Waals surface area (Å²) in [5.41, 5.74) is 8.53. The number of halogens is 2. The van der Waals surface area contributed by atoms with Gasteiger partial charge in [0.25, 0.3) is 0 Å². The van der Waals surface area contributed by atoms with E-state index < -0.39 is 0 Å². The maximum Gasteiger partial charge on any atom is 0.149 e. The quantitative estimate of drug-likeness (QED) is 0.844. The van der Waals surface area contributed by atoms with E-state index >= 15 is 0 Å². The molecule has 0 bridgehead atoms. The van der Waals surface area contributed by atoms with Crippen molar-refractivity contribution in [2.24, 2.45) is 16.1 Å². The molecule has 2 heterocycles. The number of aromatic nitrogens is 3. The van der Waals surface area contributed by atoms with Gasteiger partial charge in [-0.2, -0.15) is 5.10 Å². The minimum Gasteiger partial charge on any atom is -0.301 e. The lowest BCUT2D eigenvalue weighted by Gasteiger charge is -2.30. The minimum absolute atomic E-state index is 0. The van der Waals surface area contributed by atoms with Gasteiger partial charge in [0, 0.05) is 15.3 Å². The molecule has 2 N–H and O–H groups in total. The van der Waals surface area contributed by atoms with Gasteiger partial charge in [0.1, 0.15) is 23.8 Å². The maximum absolute atomic E-state index is 6.17. The number of rotatable bonds is 2. The fourth-order valence-electron chi connectivity index (χ4n) is 2.39. The monoisotopic (exact) mass is 383 g/mol. The van der Waals surface area contributed by atoms with Gasteiger partial charge in [0.05, 0.1) is 5.71 Å². The van der Waals surface area contributed by atoms with Crippen LogP contribution in [0.25, 0.3) is 10.6 Å². The number of nitrogens with zero attached hydrogens (tertiary/aromatic N) is 4. The van der Waals surface area contributed by atoms with Crippen molar-refractivity contribution in [2.75, 3.05) is 0 Å². The van der Waals surface area contributed by atoms with Crippen LogP contribution in [0.5, 0.6) is 0 Å². The van der Waals surface area contributed by atoms with E-state index in [2.05, 4.69) is 35.8 Å². The van der Waals surface area contributed by atoms with Crippen molar-refractivity contribution in [3.05, 3.63) is 47.5 Å². The Morgan fingerprint density at radius 1 is 1.21 bits per heavy atom. The van der Waals surface area contributed by atoms with Crippen LogP contribution in [0.1, 0.15) is 26.3 Å². The first-order valence-corrected chi connectivity index (χ1v) is 8.48. The van der Waals surface area contributed by atoms with Crippen LogP contribution in [0.3, 0.4) is 0 Å². The molecule has 1 aromatic carbocycles. The van der Waals surface area contributed by atoms with Crippen molar-refractivity contribution in [1.82, 2.24) is 14.8 Å². The van der Waals surface area contributed by atoms with E-state index in [-0.39, 0.29) is 23.3 Å². The van der Waals surface area contributed by atoms with E-state index in [9.17, 15) is 0 Å². The summed E-state index contributed by atoms with van der Waals surface area (Å²) < 4.78 is 1.76. The second-order valence-corrected chi connectivity index (χ2v) is 7.82. The largest absolute Gasteiger partial charge is 0.301 e. The van der Waals surface area contributed by atoms with E-state index in [1.54, 1.807) is 11.0 Å². The van der Waals surface area contributed by atoms with Crippen LogP contribution in [0, 0.1) is 5.41 Å². The van der Waals surface area contributed by atoms with Crippen LogP contribution in [-0.2, 0) is 0 Å². The Balaban J connectivity index is 0.00000208. The van der Waals surface area contributed by atoms with Crippen LogP contribution >= 0.6 is 35.8 Å². The summed E-state index contributed by atoms with van der Waals surface area (Å²) in [5.74, 6) is 0. The summed E-state index contributed by atoms with van der Waals surface area (Å²) in [6, 6.07) is 7.72. The molecule has 5 nitrogen and oxygen atoms in total. The molecule has 1 aromatic heterocycles. The Hall–Kier alpha value is -1.34. The van der Waals surface area contributed by atoms with Crippen molar-refractivity contribution in [2.45, 2.75) is 26.3 Å². The molecule has 128 valence electrons. The highest BCUT2D eigenvalue weighted by molar-refractivity contribution is 8.09. The van der Waals surface area contributed by atoms with Crippen LogP contribution in [-0.4, -0.2) is 26.0 Å². The topological polar surface area (TPSA) is 69.1 Å². The first-order valence-electron chi connectivity index (χ1n) is 7.22. The summed E-state index contributed by atoms with van der Waals surface area (Å²) in [6.07, 6.45) is 3.20. The van der Waals surface area contributed by atoms with Gasteiger partial charge in [-0.3, -0.25) is 4.99 Å². The zero-order valence-corrected chi connectivity index (χ0v) is 16.0. The zero-order chi connectivity index (χ0) is 16.6. The first-order chi connectivity index (χ1) is 10.9. The Kier molecular flexibility index (Phi) is 5.75. The second-order valence-electron chi connectivity index (χ2n) is 6.26. The van der Waals surface area contributed by atoms with Gasteiger partial charge in [-0.1, -0.05) is 56.3 Å². The van der Waals surface area contributed by atoms with Crippen LogP contribution in [0.4, 0.5) is 0 Å². The van der Waals surface area contributed by atoms with Gasteiger partial charge >= 0.3 is 0 Å². The number of benzene rings is 1. The van der Waals surface area contributed by atoms with Crippen LogP contribution in [0.15, 0.2) is 41.9 Å². The number of nitrogens with two attached hydrogens (primary N) is 1. The van der Waals surface area contributed by atoms with Crippen molar-refractivity contribution in [3.8, 4) is 0 Å². The standard InChI is InChI=1S/C16H18ClN5S.ClH/c1-16(2,3)14-12(22-9-19-8-20-22)13(23-15(18)21-14)10-4-6-11(17)7-5-10;/h4-9,15H,18H2,1-3H3;1H. The normalized spacial score (nSPS) is 18.2. The molecule has 0 amide bonds. The molecule has 3 rings (SSSR count). The predicted molar refractivity (Wildman–Crippen MR) is 104 cm³/mol. The molecular formula is C16H19Cl2N5S. The maximum atomic E-state index is 6.17. The molecule has 24 heavy (non-hydrogen) atoms. The third-order valence-corrected chi connectivity index (χ3v) is 4.66. The highest BCUT2D eigenvalue weighted by atomic mass is 35.5. The summed E-state index contributed by atoms with van der Waals surface area (Å²) in [6.45, 7) is 6.35. The molecule has 8 heteroatoms. The predicted octanol–water partition coefficient (Wildman–Crippen LogP) is 4.16. The molecule has 0 saturated carbocycles. The highest BCUT2D eigenvalue weighted by Crippen LogP contribution is 2.42. The number of hydrogen-bond donors (Lipinski definition) is 1. The molecule has 2 aromatic rings. The van der Waals surface area contributed by atoms with Gasteiger partial charge in [-0.05, 0) is 17.7 Å². The number of thioether (sulfide) groups is 1. The molecule has 0 fully saturated rings. The Morgan fingerprint density at radius 3 is 2.42 bits per heavy atom. The van der Waals surface area contributed by atoms with Gasteiger partial charge in [0.2, 0.25) is 0 Å². The van der Waals surface area contributed by atoms with E-state index in [0.29, 0.717) is 5.02 Å². The molecule has 0 aliphatic carbocycles. The van der Waals surface area contributed by atoms with E-state index in [4.69, 9.17) is 17.3 Å². The Bertz CT molecular complexity index is 761. The summed E-state index contributed by atoms with van der Waals surface area (Å²) in [7, 11) is 0. The van der Waals surface area contributed by atoms with E-state index in [0.717, 1.165) is 21.9 Å². The molecule has 1 unspecified atom stereocenters. The molecule has 0 radical (unpaired) electrons. The van der Waals surface area contributed by atoms with Crippen molar-refractivity contribution in [1.29, 1.82) is 0 Å². The van der Waals surface area contributed by atoms with Gasteiger partial charge in [-0.15, -0.1) is 12.4 Å². The van der Waals surface area contributed by atoms with Crippen molar-refractivity contribution in [3.63, 3.8) is 0 Å². The fourth-order valence-corrected chi connectivity index (χ4v) is 3.49. The lowest BCUT2D eigenvalue weighted by molar-refractivity contribution is 0.588. The van der Waals surface area contributed by atoms with Crippen molar-refractivity contribution >= 4 is 52.1 Å². The molecule has 1 atom stereocenters. The number of hydrogen-bond acceptors (Lipinski definition) is 5. The van der Waals surface area contributed by atoms with Gasteiger partial charge in [0.15, 0.2) is 0 Å². The fraction of sp³-hybridized carbons (Fsp3) is 0.312. The second kappa shape index (κ2) is 7.27. The first kappa shape index (κ1) is 19.0. The summed E-state index contributed by atoms with van der Waals surface area (Å²) in [4.78, 5) is 9.77. The third kappa shape index (κ3) is 3.83. The smallest absolute Gasteiger partial charge is 0.149 e. The van der Waals surface area contributed by atoms with Crippen molar-refractivity contribution < 1.29 is 0 Å². The molecular weight excluding hydrogens is 365 g/mol. The molecule has 1 aliphatic rings. The number of allylic oxidation sites excluding steroid dienone is 1. The number of aliphatic imine (C=N–C) groups is 1. The molecule has 1 aliphatic heterocycles. The highest BCUT2D eigenvalue weighted by Gasteiger charge is 2.32. The molecule has 0 spiro atoms. The molecule has 0 saturated heterocycles. The Labute approximate surface area is 156 Å². The lowest BCUT2D eigenvalue weighted by Crippen LogP contribution is -2.31. The summed E-state index contributed by atoms with van der Waals surface area (Å²) in [5, 5.41) is 5.01. The van der Waals surface area contributed by atoms with Crippen LogP contribution in [0.2, 0.25) is 5.02 Å². The van der Waals surface area contributed by atoms with E-state index in [1.807, 2.05) is 24.3 Å². The SMILES string of the molecule is CC(C)(C)C1=NC(N)SC(c2ccc(Cl)cc2)=C1n1cncn1.Cl. The average molecular weight is 384 g/mol. The third-order valence-electron chi connectivity index (χ3n) is 3.40. The van der Waals surface area contributed by atoms with Crippen LogP contribution < -0.4 is 5.73 Å². The minimum atomic E-state index is -0.345.